The number of likely N-dealkylation sites (N-methyl/N-ethyl adjacent to an activating group) is 1. The summed E-state index contributed by atoms with van der Waals surface area (Å²) in [4.78, 5) is 0.361. The van der Waals surface area contributed by atoms with E-state index in [0.717, 1.165) is 10.8 Å². The van der Waals surface area contributed by atoms with Gasteiger partial charge >= 0.3 is 0 Å². The number of methoxy groups -OCH3 is 1. The van der Waals surface area contributed by atoms with Crippen LogP contribution in [0, 0.1) is 0 Å². The normalized spacial score (nSPS) is 13.4. The molecule has 5 heteroatoms. The van der Waals surface area contributed by atoms with E-state index in [-0.39, 0.29) is 11.8 Å². The second kappa shape index (κ2) is 7.02. The number of rotatable bonds is 7. The van der Waals surface area contributed by atoms with E-state index < -0.39 is 9.84 Å². The number of hydrogen-bond donors (Lipinski definition) is 1. The predicted molar refractivity (Wildman–Crippen MR) is 85.3 cm³/mol. The number of sulfone groups is 1. The summed E-state index contributed by atoms with van der Waals surface area (Å²) in [5.74, 6) is 0.0347. The van der Waals surface area contributed by atoms with Gasteiger partial charge in [0.05, 0.1) is 17.3 Å². The SMILES string of the molecule is CCNC(COC)CS(=O)(=O)c1ccc2ccccc2c1. The van der Waals surface area contributed by atoms with Crippen molar-refractivity contribution in [3.63, 3.8) is 0 Å². The molecular weight excluding hydrogens is 286 g/mol. The zero-order valence-electron chi connectivity index (χ0n) is 12.4. The molecule has 2 rings (SSSR count). The van der Waals surface area contributed by atoms with Crippen LogP contribution in [0.5, 0.6) is 0 Å². The third-order valence-corrected chi connectivity index (χ3v) is 5.17. The summed E-state index contributed by atoms with van der Waals surface area (Å²) in [6, 6.07) is 12.8. The standard InChI is InChI=1S/C16H21NO3S/c1-3-17-15(11-20-2)12-21(18,19)16-9-8-13-6-4-5-7-14(13)10-16/h4-10,15,17H,3,11-12H2,1-2H3. The van der Waals surface area contributed by atoms with E-state index in [9.17, 15) is 8.42 Å². The smallest absolute Gasteiger partial charge is 0.180 e. The Morgan fingerprint density at radius 1 is 1.14 bits per heavy atom. The number of ether oxygens (including phenoxy) is 1. The van der Waals surface area contributed by atoms with Crippen molar-refractivity contribution in [2.24, 2.45) is 0 Å². The first-order valence-electron chi connectivity index (χ1n) is 7.00. The molecule has 1 N–H and O–H groups in total. The van der Waals surface area contributed by atoms with Crippen LogP contribution < -0.4 is 5.32 Å². The summed E-state index contributed by atoms with van der Waals surface area (Å²) in [6.45, 7) is 3.03. The summed E-state index contributed by atoms with van der Waals surface area (Å²) < 4.78 is 30.2. The lowest BCUT2D eigenvalue weighted by Gasteiger charge is -2.17. The lowest BCUT2D eigenvalue weighted by atomic mass is 10.1. The quantitative estimate of drug-likeness (QED) is 0.852. The van der Waals surface area contributed by atoms with Gasteiger partial charge in [-0.2, -0.15) is 0 Å². The van der Waals surface area contributed by atoms with E-state index in [1.807, 2.05) is 37.3 Å². The molecule has 2 aromatic carbocycles. The lowest BCUT2D eigenvalue weighted by molar-refractivity contribution is 0.174. The first-order chi connectivity index (χ1) is 10.1. The molecule has 0 bridgehead atoms. The van der Waals surface area contributed by atoms with Crippen molar-refractivity contribution in [3.8, 4) is 0 Å². The van der Waals surface area contributed by atoms with Gasteiger partial charge in [-0.15, -0.1) is 0 Å². The van der Waals surface area contributed by atoms with E-state index in [0.29, 0.717) is 18.0 Å². The average Bonchev–Trinajstić information content (AvgIpc) is 2.47. The Bertz CT molecular complexity index is 691. The largest absolute Gasteiger partial charge is 0.383 e. The first-order valence-corrected chi connectivity index (χ1v) is 8.66. The molecule has 0 aromatic heterocycles. The van der Waals surface area contributed by atoms with Crippen molar-refractivity contribution in [3.05, 3.63) is 42.5 Å². The molecule has 1 atom stereocenters. The molecule has 0 spiro atoms. The topological polar surface area (TPSA) is 55.4 Å². The van der Waals surface area contributed by atoms with Gasteiger partial charge in [0, 0.05) is 13.2 Å². The van der Waals surface area contributed by atoms with Gasteiger partial charge in [0.1, 0.15) is 0 Å². The van der Waals surface area contributed by atoms with Gasteiger partial charge in [0.2, 0.25) is 0 Å². The van der Waals surface area contributed by atoms with Crippen molar-refractivity contribution >= 4 is 20.6 Å². The molecule has 0 radical (unpaired) electrons. The number of fused-ring (bicyclic) bond motifs is 1. The van der Waals surface area contributed by atoms with Crippen molar-refractivity contribution < 1.29 is 13.2 Å². The second-order valence-electron chi connectivity index (χ2n) is 5.00. The molecule has 0 aliphatic rings. The summed E-state index contributed by atoms with van der Waals surface area (Å²) >= 11 is 0. The van der Waals surface area contributed by atoms with Crippen molar-refractivity contribution in [2.45, 2.75) is 17.9 Å². The number of benzene rings is 2. The molecule has 0 saturated heterocycles. The summed E-state index contributed by atoms with van der Waals surface area (Å²) in [5.41, 5.74) is 0. The second-order valence-corrected chi connectivity index (χ2v) is 7.03. The molecule has 0 fully saturated rings. The third kappa shape index (κ3) is 4.03. The van der Waals surface area contributed by atoms with E-state index in [4.69, 9.17) is 4.74 Å². The van der Waals surface area contributed by atoms with E-state index in [2.05, 4.69) is 5.32 Å². The highest BCUT2D eigenvalue weighted by molar-refractivity contribution is 7.91. The Balaban J connectivity index is 2.27. The van der Waals surface area contributed by atoms with Gasteiger partial charge in [-0.3, -0.25) is 0 Å². The van der Waals surface area contributed by atoms with Gasteiger partial charge < -0.3 is 10.1 Å². The molecule has 0 aliphatic carbocycles. The highest BCUT2D eigenvalue weighted by atomic mass is 32.2. The van der Waals surface area contributed by atoms with Crippen LogP contribution in [0.2, 0.25) is 0 Å². The maximum Gasteiger partial charge on any atom is 0.180 e. The fourth-order valence-electron chi connectivity index (χ4n) is 2.38. The van der Waals surface area contributed by atoms with E-state index in [1.54, 1.807) is 19.2 Å². The summed E-state index contributed by atoms with van der Waals surface area (Å²) in [7, 11) is -1.76. The molecule has 0 amide bonds. The Kier molecular flexibility index (Phi) is 5.33. The minimum absolute atomic E-state index is 0.0347. The van der Waals surface area contributed by atoms with Crippen molar-refractivity contribution in [2.75, 3.05) is 26.0 Å². The number of nitrogens with one attached hydrogen (secondary N) is 1. The molecule has 1 unspecified atom stereocenters. The fourth-order valence-corrected chi connectivity index (χ4v) is 3.90. The average molecular weight is 307 g/mol. The zero-order valence-corrected chi connectivity index (χ0v) is 13.2. The van der Waals surface area contributed by atoms with Crippen LogP contribution in [0.1, 0.15) is 6.92 Å². The van der Waals surface area contributed by atoms with Crippen LogP contribution in [-0.2, 0) is 14.6 Å². The van der Waals surface area contributed by atoms with Crippen LogP contribution in [0.4, 0.5) is 0 Å². The Labute approximate surface area is 126 Å². The minimum atomic E-state index is -3.34. The maximum absolute atomic E-state index is 12.5. The molecule has 0 aliphatic heterocycles. The van der Waals surface area contributed by atoms with Gasteiger partial charge in [-0.25, -0.2) is 8.42 Å². The molecular formula is C16H21NO3S. The van der Waals surface area contributed by atoms with Gasteiger partial charge in [0.15, 0.2) is 9.84 Å². The van der Waals surface area contributed by atoms with Gasteiger partial charge in [0.25, 0.3) is 0 Å². The van der Waals surface area contributed by atoms with Crippen molar-refractivity contribution in [1.82, 2.24) is 5.32 Å². The zero-order chi connectivity index (χ0) is 15.3. The van der Waals surface area contributed by atoms with Crippen LogP contribution in [-0.4, -0.2) is 40.5 Å². The minimum Gasteiger partial charge on any atom is -0.383 e. The lowest BCUT2D eigenvalue weighted by Crippen LogP contribution is -2.39. The van der Waals surface area contributed by atoms with Crippen LogP contribution in [0.25, 0.3) is 10.8 Å². The fraction of sp³-hybridized carbons (Fsp3) is 0.375. The van der Waals surface area contributed by atoms with Crippen molar-refractivity contribution in [1.29, 1.82) is 0 Å². The number of hydrogen-bond acceptors (Lipinski definition) is 4. The monoisotopic (exact) mass is 307 g/mol. The third-order valence-electron chi connectivity index (χ3n) is 3.36. The summed E-state index contributed by atoms with van der Waals surface area (Å²) in [5, 5.41) is 5.12. The van der Waals surface area contributed by atoms with Crippen LogP contribution >= 0.6 is 0 Å². The molecule has 21 heavy (non-hydrogen) atoms. The van der Waals surface area contributed by atoms with E-state index in [1.165, 1.54) is 0 Å². The highest BCUT2D eigenvalue weighted by Crippen LogP contribution is 2.20. The van der Waals surface area contributed by atoms with Crippen LogP contribution in [0.3, 0.4) is 0 Å². The Morgan fingerprint density at radius 3 is 2.52 bits per heavy atom. The van der Waals surface area contributed by atoms with Gasteiger partial charge in [-0.05, 0) is 29.4 Å². The molecule has 2 aromatic rings. The Morgan fingerprint density at radius 2 is 1.86 bits per heavy atom. The molecule has 0 saturated carbocycles. The predicted octanol–water partition coefficient (Wildman–Crippen LogP) is 2.24. The summed E-state index contributed by atoms with van der Waals surface area (Å²) in [6.07, 6.45) is 0. The molecule has 0 heterocycles. The maximum atomic E-state index is 12.5. The first kappa shape index (κ1) is 15.9. The molecule has 114 valence electrons. The molecule has 4 nitrogen and oxygen atoms in total. The Hall–Kier alpha value is -1.43. The van der Waals surface area contributed by atoms with Crippen LogP contribution in [0.15, 0.2) is 47.4 Å². The van der Waals surface area contributed by atoms with Gasteiger partial charge in [-0.1, -0.05) is 37.3 Å². The van der Waals surface area contributed by atoms with E-state index >= 15 is 0 Å². The highest BCUT2D eigenvalue weighted by Gasteiger charge is 2.21.